The summed E-state index contributed by atoms with van der Waals surface area (Å²) >= 11 is 0. The number of nitrogens with one attached hydrogen (secondary N) is 1. The molecule has 0 aliphatic carbocycles. The Labute approximate surface area is 112 Å². The topological polar surface area (TPSA) is 76.4 Å². The molecule has 1 amide bonds. The van der Waals surface area contributed by atoms with Crippen LogP contribution in [0.2, 0.25) is 0 Å². The van der Waals surface area contributed by atoms with Gasteiger partial charge in [-0.1, -0.05) is 0 Å². The highest BCUT2D eigenvalue weighted by Crippen LogP contribution is 2.22. The molecule has 104 valence electrons. The van der Waals surface area contributed by atoms with Crippen LogP contribution in [0.15, 0.2) is 22.6 Å². The summed E-state index contributed by atoms with van der Waals surface area (Å²) in [7, 11) is -3.02. The number of amides is 1. The highest BCUT2D eigenvalue weighted by molar-refractivity contribution is 7.91. The zero-order chi connectivity index (χ0) is 14.1. The van der Waals surface area contributed by atoms with Crippen LogP contribution in [0.1, 0.15) is 24.9 Å². The van der Waals surface area contributed by atoms with Crippen LogP contribution in [0.3, 0.4) is 0 Å². The minimum Gasteiger partial charge on any atom is -0.462 e. The Morgan fingerprint density at radius 1 is 1.47 bits per heavy atom. The molecule has 0 unspecified atom stereocenters. The van der Waals surface area contributed by atoms with Gasteiger partial charge in [-0.2, -0.15) is 0 Å². The number of carbonyl (C=O) groups excluding carboxylic acids is 1. The average molecular weight is 283 g/mol. The van der Waals surface area contributed by atoms with Gasteiger partial charge in [0, 0.05) is 6.08 Å². The van der Waals surface area contributed by atoms with Gasteiger partial charge in [0.15, 0.2) is 9.84 Å². The lowest BCUT2D eigenvalue weighted by Crippen LogP contribution is -2.46. The fourth-order valence-corrected chi connectivity index (χ4v) is 4.24. The molecule has 0 saturated carbocycles. The van der Waals surface area contributed by atoms with E-state index in [2.05, 4.69) is 5.32 Å². The van der Waals surface area contributed by atoms with Crippen LogP contribution in [-0.2, 0) is 14.6 Å². The van der Waals surface area contributed by atoms with Crippen molar-refractivity contribution < 1.29 is 17.6 Å². The number of carbonyl (C=O) groups is 1. The first-order chi connectivity index (χ1) is 8.78. The van der Waals surface area contributed by atoms with E-state index in [0.717, 1.165) is 5.76 Å². The molecule has 0 bridgehead atoms. The van der Waals surface area contributed by atoms with E-state index in [-0.39, 0.29) is 17.4 Å². The van der Waals surface area contributed by atoms with E-state index in [1.807, 2.05) is 13.0 Å². The van der Waals surface area contributed by atoms with Crippen LogP contribution in [-0.4, -0.2) is 31.4 Å². The molecule has 0 aromatic carbocycles. The second-order valence-electron chi connectivity index (χ2n) is 5.17. The standard InChI is InChI=1S/C13H17NO4S/c1-10-3-4-11(18-10)5-6-12(15)14-13(2)7-8-19(16,17)9-13/h3-6H,7-9H2,1-2H3,(H,14,15)/b6-5+/t13-/m0/s1. The minimum atomic E-state index is -3.02. The molecule has 1 aromatic rings. The summed E-state index contributed by atoms with van der Waals surface area (Å²) in [4.78, 5) is 11.8. The minimum absolute atomic E-state index is 0.000555. The third-order valence-electron chi connectivity index (χ3n) is 3.09. The van der Waals surface area contributed by atoms with Crippen molar-refractivity contribution in [3.8, 4) is 0 Å². The molecule has 0 spiro atoms. The number of sulfone groups is 1. The lowest BCUT2D eigenvalue weighted by Gasteiger charge is -2.22. The number of aryl methyl sites for hydroxylation is 1. The highest BCUT2D eigenvalue weighted by Gasteiger charge is 2.39. The molecule has 2 heterocycles. The summed E-state index contributed by atoms with van der Waals surface area (Å²) in [5, 5.41) is 2.74. The molecular formula is C13H17NO4S. The van der Waals surface area contributed by atoms with Crippen LogP contribution in [0.25, 0.3) is 6.08 Å². The van der Waals surface area contributed by atoms with Crippen LogP contribution >= 0.6 is 0 Å². The zero-order valence-corrected chi connectivity index (χ0v) is 11.8. The fourth-order valence-electron chi connectivity index (χ4n) is 2.15. The highest BCUT2D eigenvalue weighted by atomic mass is 32.2. The van der Waals surface area contributed by atoms with Gasteiger partial charge in [0.1, 0.15) is 11.5 Å². The average Bonchev–Trinajstić information content (AvgIpc) is 2.80. The van der Waals surface area contributed by atoms with E-state index < -0.39 is 15.4 Å². The Kier molecular flexibility index (Phi) is 3.54. The molecule has 2 rings (SSSR count). The van der Waals surface area contributed by atoms with Crippen molar-refractivity contribution in [3.05, 3.63) is 29.7 Å². The zero-order valence-electron chi connectivity index (χ0n) is 11.0. The predicted molar refractivity (Wildman–Crippen MR) is 72.3 cm³/mol. The third-order valence-corrected chi connectivity index (χ3v) is 4.99. The lowest BCUT2D eigenvalue weighted by atomic mass is 10.0. The van der Waals surface area contributed by atoms with Crippen molar-refractivity contribution in [2.45, 2.75) is 25.8 Å². The van der Waals surface area contributed by atoms with Gasteiger partial charge in [-0.15, -0.1) is 0 Å². The molecule has 1 fully saturated rings. The van der Waals surface area contributed by atoms with Crippen LogP contribution in [0.4, 0.5) is 0 Å². The van der Waals surface area contributed by atoms with E-state index in [1.54, 1.807) is 19.1 Å². The number of hydrogen-bond acceptors (Lipinski definition) is 4. The van der Waals surface area contributed by atoms with Crippen LogP contribution < -0.4 is 5.32 Å². The number of hydrogen-bond donors (Lipinski definition) is 1. The molecule has 1 saturated heterocycles. The maximum Gasteiger partial charge on any atom is 0.244 e. The van der Waals surface area contributed by atoms with E-state index >= 15 is 0 Å². The lowest BCUT2D eigenvalue weighted by molar-refractivity contribution is -0.117. The van der Waals surface area contributed by atoms with E-state index in [0.29, 0.717) is 12.2 Å². The van der Waals surface area contributed by atoms with Gasteiger partial charge in [0.2, 0.25) is 5.91 Å². The summed E-state index contributed by atoms with van der Waals surface area (Å²) in [5.74, 6) is 1.18. The smallest absolute Gasteiger partial charge is 0.244 e. The molecule has 5 nitrogen and oxygen atoms in total. The maximum absolute atomic E-state index is 11.8. The van der Waals surface area contributed by atoms with Gasteiger partial charge >= 0.3 is 0 Å². The summed E-state index contributed by atoms with van der Waals surface area (Å²) in [6, 6.07) is 3.57. The van der Waals surface area contributed by atoms with Gasteiger partial charge in [-0.3, -0.25) is 4.79 Å². The van der Waals surface area contributed by atoms with Crippen LogP contribution in [0, 0.1) is 6.92 Å². The Balaban J connectivity index is 1.97. The summed E-state index contributed by atoms with van der Waals surface area (Å²) in [6.07, 6.45) is 3.37. The Bertz CT molecular complexity index is 614. The van der Waals surface area contributed by atoms with Crippen molar-refractivity contribution >= 4 is 21.8 Å². The third kappa shape index (κ3) is 3.70. The Morgan fingerprint density at radius 2 is 2.21 bits per heavy atom. The first-order valence-electron chi connectivity index (χ1n) is 6.05. The first-order valence-corrected chi connectivity index (χ1v) is 7.87. The molecule has 1 aromatic heterocycles. The number of rotatable bonds is 3. The SMILES string of the molecule is Cc1ccc(/C=C/C(=O)N[C@@]2(C)CCS(=O)(=O)C2)o1. The van der Waals surface area contributed by atoms with Gasteiger partial charge in [-0.05, 0) is 38.5 Å². The quantitative estimate of drug-likeness (QED) is 0.848. The first kappa shape index (κ1) is 13.9. The maximum atomic E-state index is 11.8. The molecule has 1 atom stereocenters. The van der Waals surface area contributed by atoms with Crippen LogP contribution in [0.5, 0.6) is 0 Å². The summed E-state index contributed by atoms with van der Waals surface area (Å²) < 4.78 is 28.2. The van der Waals surface area contributed by atoms with Gasteiger partial charge in [0.25, 0.3) is 0 Å². The molecule has 0 radical (unpaired) electrons. The predicted octanol–water partition coefficient (Wildman–Crippen LogP) is 1.29. The largest absolute Gasteiger partial charge is 0.462 e. The van der Waals surface area contributed by atoms with Gasteiger partial charge in [0.05, 0.1) is 17.0 Å². The van der Waals surface area contributed by atoms with Crippen molar-refractivity contribution in [3.63, 3.8) is 0 Å². The summed E-state index contributed by atoms with van der Waals surface area (Å²) in [6.45, 7) is 3.57. The molecule has 6 heteroatoms. The van der Waals surface area contributed by atoms with Gasteiger partial charge in [-0.25, -0.2) is 8.42 Å². The van der Waals surface area contributed by atoms with Crippen molar-refractivity contribution in [1.29, 1.82) is 0 Å². The Hall–Kier alpha value is -1.56. The molecular weight excluding hydrogens is 266 g/mol. The molecule has 1 aliphatic rings. The Morgan fingerprint density at radius 3 is 2.74 bits per heavy atom. The number of furan rings is 1. The van der Waals surface area contributed by atoms with E-state index in [9.17, 15) is 13.2 Å². The fraction of sp³-hybridized carbons (Fsp3) is 0.462. The second-order valence-corrected chi connectivity index (χ2v) is 7.36. The normalized spacial score (nSPS) is 25.8. The second kappa shape index (κ2) is 4.85. The molecule has 1 aliphatic heterocycles. The monoisotopic (exact) mass is 283 g/mol. The molecule has 19 heavy (non-hydrogen) atoms. The van der Waals surface area contributed by atoms with Gasteiger partial charge < -0.3 is 9.73 Å². The van der Waals surface area contributed by atoms with E-state index in [4.69, 9.17) is 4.42 Å². The molecule has 1 N–H and O–H groups in total. The van der Waals surface area contributed by atoms with E-state index in [1.165, 1.54) is 6.08 Å². The van der Waals surface area contributed by atoms with Crippen molar-refractivity contribution in [1.82, 2.24) is 5.32 Å². The van der Waals surface area contributed by atoms with Crippen molar-refractivity contribution in [2.24, 2.45) is 0 Å². The summed E-state index contributed by atoms with van der Waals surface area (Å²) in [5.41, 5.74) is -0.667. The van der Waals surface area contributed by atoms with Crippen molar-refractivity contribution in [2.75, 3.05) is 11.5 Å².